The number of alkyl halides is 5. The van der Waals surface area contributed by atoms with Crippen molar-refractivity contribution in [1.82, 2.24) is 29.7 Å². The van der Waals surface area contributed by atoms with Crippen LogP contribution < -0.4 is 5.32 Å². The normalized spacial score (nSPS) is 12.0. The van der Waals surface area contributed by atoms with Crippen LogP contribution >= 0.6 is 0 Å². The standard InChI is InChI=1S/C23H16F5N7O2/c24-18(25)20-34-33-19(37-20)13-10-29-22(30-11-13)31-14-8-15(12-4-2-1-3-5-12)17-16(9-14)35(6-7-36)21(32-17)23(26,27)28/h1-5,8-11,18,36H,6-7H2,(H,29,30,31). The van der Waals surface area contributed by atoms with Crippen molar-refractivity contribution >= 4 is 22.7 Å². The van der Waals surface area contributed by atoms with E-state index in [9.17, 15) is 27.1 Å². The molecule has 0 amide bonds. The van der Waals surface area contributed by atoms with Gasteiger partial charge in [0.2, 0.25) is 11.8 Å². The van der Waals surface area contributed by atoms with Gasteiger partial charge in [0.25, 0.3) is 11.8 Å². The Labute approximate surface area is 204 Å². The van der Waals surface area contributed by atoms with E-state index in [-0.39, 0.29) is 35.0 Å². The van der Waals surface area contributed by atoms with E-state index in [1.165, 1.54) is 18.5 Å². The summed E-state index contributed by atoms with van der Waals surface area (Å²) in [5.41, 5.74) is 1.85. The Balaban J connectivity index is 1.56. The Kier molecular flexibility index (Phi) is 6.25. The summed E-state index contributed by atoms with van der Waals surface area (Å²) < 4.78 is 72.4. The van der Waals surface area contributed by atoms with E-state index >= 15 is 0 Å². The number of anilines is 2. The van der Waals surface area contributed by atoms with Crippen molar-refractivity contribution in [3.05, 3.63) is 66.6 Å². The molecule has 14 heteroatoms. The first-order chi connectivity index (χ1) is 17.7. The van der Waals surface area contributed by atoms with E-state index in [4.69, 9.17) is 4.42 Å². The number of aromatic nitrogens is 6. The smallest absolute Gasteiger partial charge is 0.415 e. The summed E-state index contributed by atoms with van der Waals surface area (Å²) in [7, 11) is 0. The lowest BCUT2D eigenvalue weighted by atomic mass is 10.0. The van der Waals surface area contributed by atoms with Gasteiger partial charge in [0.1, 0.15) is 0 Å². The summed E-state index contributed by atoms with van der Waals surface area (Å²) in [6.45, 7) is -0.848. The molecule has 0 aliphatic heterocycles. The highest BCUT2D eigenvalue weighted by Crippen LogP contribution is 2.37. The number of aliphatic hydroxyl groups is 1. The van der Waals surface area contributed by atoms with Crippen molar-refractivity contribution in [2.24, 2.45) is 0 Å². The Bertz CT molecular complexity index is 1530. The average molecular weight is 517 g/mol. The molecule has 0 aliphatic carbocycles. The fraction of sp³-hybridized carbons (Fsp3) is 0.174. The molecule has 0 fully saturated rings. The maximum atomic E-state index is 13.8. The third kappa shape index (κ3) is 4.82. The van der Waals surface area contributed by atoms with Crippen LogP contribution in [0.1, 0.15) is 18.1 Å². The van der Waals surface area contributed by atoms with Crippen LogP contribution in [0.3, 0.4) is 0 Å². The summed E-state index contributed by atoms with van der Waals surface area (Å²) in [6.07, 6.45) is -5.12. The largest absolute Gasteiger partial charge is 0.449 e. The molecule has 0 saturated heterocycles. The van der Waals surface area contributed by atoms with Gasteiger partial charge in [-0.1, -0.05) is 30.3 Å². The van der Waals surface area contributed by atoms with Crippen LogP contribution in [0, 0.1) is 0 Å². The van der Waals surface area contributed by atoms with Crippen molar-refractivity contribution in [3.63, 3.8) is 0 Å². The van der Waals surface area contributed by atoms with Gasteiger partial charge >= 0.3 is 12.6 Å². The number of benzene rings is 2. The number of hydrogen-bond donors (Lipinski definition) is 2. The summed E-state index contributed by atoms with van der Waals surface area (Å²) in [5, 5.41) is 19.1. The fourth-order valence-electron chi connectivity index (χ4n) is 3.75. The molecule has 3 heterocycles. The van der Waals surface area contributed by atoms with Crippen LogP contribution in [0.2, 0.25) is 0 Å². The lowest BCUT2D eigenvalue weighted by Crippen LogP contribution is -2.16. The lowest BCUT2D eigenvalue weighted by molar-refractivity contribution is -0.147. The zero-order chi connectivity index (χ0) is 26.2. The summed E-state index contributed by atoms with van der Waals surface area (Å²) in [5.74, 6) is -2.09. The van der Waals surface area contributed by atoms with Crippen LogP contribution in [0.25, 0.3) is 33.6 Å². The molecule has 37 heavy (non-hydrogen) atoms. The van der Waals surface area contributed by atoms with Crippen LogP contribution in [-0.4, -0.2) is 41.4 Å². The molecule has 190 valence electrons. The number of rotatable bonds is 7. The summed E-state index contributed by atoms with van der Waals surface area (Å²) in [4.78, 5) is 12.1. The highest BCUT2D eigenvalue weighted by molar-refractivity contribution is 5.96. The molecule has 0 spiro atoms. The molecule has 5 aromatic rings. The quantitative estimate of drug-likeness (QED) is 0.282. The molecule has 0 aliphatic rings. The van der Waals surface area contributed by atoms with Crippen molar-refractivity contribution in [3.8, 4) is 22.6 Å². The molecule has 0 bridgehead atoms. The predicted octanol–water partition coefficient (Wildman–Crippen LogP) is 5.24. The molecule has 3 aromatic heterocycles. The number of fused-ring (bicyclic) bond motifs is 1. The predicted molar refractivity (Wildman–Crippen MR) is 121 cm³/mol. The monoisotopic (exact) mass is 517 g/mol. The zero-order valence-corrected chi connectivity index (χ0v) is 18.6. The maximum absolute atomic E-state index is 13.8. The van der Waals surface area contributed by atoms with E-state index in [1.54, 1.807) is 36.4 Å². The van der Waals surface area contributed by atoms with Crippen LogP contribution in [0.5, 0.6) is 0 Å². The third-order valence-corrected chi connectivity index (χ3v) is 5.30. The Morgan fingerprint density at radius 3 is 2.35 bits per heavy atom. The minimum atomic E-state index is -4.74. The molecule has 9 nitrogen and oxygen atoms in total. The number of aliphatic hydroxyl groups excluding tert-OH is 1. The van der Waals surface area contributed by atoms with Gasteiger partial charge in [-0.25, -0.2) is 15.0 Å². The van der Waals surface area contributed by atoms with Gasteiger partial charge in [0, 0.05) is 30.2 Å². The number of hydrogen-bond acceptors (Lipinski definition) is 8. The molecule has 2 aromatic carbocycles. The minimum absolute atomic E-state index is 0.0694. The first-order valence-corrected chi connectivity index (χ1v) is 10.7. The van der Waals surface area contributed by atoms with E-state index in [0.717, 1.165) is 4.57 Å². The zero-order valence-electron chi connectivity index (χ0n) is 18.6. The number of nitrogens with one attached hydrogen (secondary N) is 1. The highest BCUT2D eigenvalue weighted by Gasteiger charge is 2.38. The van der Waals surface area contributed by atoms with Crippen LogP contribution in [0.4, 0.5) is 33.6 Å². The third-order valence-electron chi connectivity index (χ3n) is 5.30. The second-order valence-corrected chi connectivity index (χ2v) is 7.73. The molecule has 5 rings (SSSR count). The van der Waals surface area contributed by atoms with E-state index < -0.39 is 30.9 Å². The van der Waals surface area contributed by atoms with Gasteiger partial charge in [-0.15, -0.1) is 10.2 Å². The van der Waals surface area contributed by atoms with Crippen molar-refractivity contribution in [1.29, 1.82) is 0 Å². The second-order valence-electron chi connectivity index (χ2n) is 7.73. The molecular formula is C23H16F5N7O2. The molecule has 2 N–H and O–H groups in total. The van der Waals surface area contributed by atoms with Crippen LogP contribution in [0.15, 0.2) is 59.3 Å². The Morgan fingerprint density at radius 1 is 1.00 bits per heavy atom. The van der Waals surface area contributed by atoms with Gasteiger partial charge in [0.05, 0.1) is 23.2 Å². The van der Waals surface area contributed by atoms with Gasteiger partial charge in [-0.2, -0.15) is 22.0 Å². The molecule has 0 atom stereocenters. The maximum Gasteiger partial charge on any atom is 0.449 e. The SMILES string of the molecule is OCCn1c(C(F)(F)F)nc2c(-c3ccccc3)cc(Nc3ncc(-c4nnc(C(F)F)o4)cn3)cc21. The molecule has 0 radical (unpaired) electrons. The summed E-state index contributed by atoms with van der Waals surface area (Å²) >= 11 is 0. The van der Waals surface area contributed by atoms with Crippen molar-refractivity contribution < 1.29 is 31.5 Å². The van der Waals surface area contributed by atoms with Gasteiger partial charge < -0.3 is 19.4 Å². The average Bonchev–Trinajstić information content (AvgIpc) is 3.51. The lowest BCUT2D eigenvalue weighted by Gasteiger charge is -2.12. The Morgan fingerprint density at radius 2 is 1.73 bits per heavy atom. The molecule has 0 unspecified atom stereocenters. The fourth-order valence-corrected chi connectivity index (χ4v) is 3.75. The number of nitrogens with zero attached hydrogens (tertiary/aromatic N) is 6. The minimum Gasteiger partial charge on any atom is -0.415 e. The van der Waals surface area contributed by atoms with Gasteiger partial charge in [0.15, 0.2) is 0 Å². The van der Waals surface area contributed by atoms with Crippen molar-refractivity contribution in [2.45, 2.75) is 19.1 Å². The van der Waals surface area contributed by atoms with Gasteiger partial charge in [-0.3, -0.25) is 0 Å². The van der Waals surface area contributed by atoms with Gasteiger partial charge in [-0.05, 0) is 17.7 Å². The molecular weight excluding hydrogens is 501 g/mol. The van der Waals surface area contributed by atoms with E-state index in [0.29, 0.717) is 16.8 Å². The topological polar surface area (TPSA) is 115 Å². The number of imidazole rings is 1. The second kappa shape index (κ2) is 9.54. The highest BCUT2D eigenvalue weighted by atomic mass is 19.4. The number of halogens is 5. The first kappa shape index (κ1) is 24.2. The van der Waals surface area contributed by atoms with Crippen LogP contribution in [-0.2, 0) is 12.7 Å². The first-order valence-electron chi connectivity index (χ1n) is 10.7. The summed E-state index contributed by atoms with van der Waals surface area (Å²) in [6, 6.07) is 11.8. The van der Waals surface area contributed by atoms with Crippen molar-refractivity contribution in [2.75, 3.05) is 11.9 Å². The Hall–Kier alpha value is -4.46. The molecule has 0 saturated carbocycles. The van der Waals surface area contributed by atoms with E-state index in [2.05, 4.69) is 30.5 Å². The van der Waals surface area contributed by atoms with E-state index in [1.807, 2.05) is 0 Å².